The highest BCUT2D eigenvalue weighted by Gasteiger charge is 2.25. The molecule has 4 aromatic rings. The molecule has 0 aliphatic heterocycles. The van der Waals surface area contributed by atoms with Gasteiger partial charge < -0.3 is 10.4 Å². The maximum Gasteiger partial charge on any atom is 0.357 e. The third kappa shape index (κ3) is 4.00. The molecule has 0 fully saturated rings. The van der Waals surface area contributed by atoms with Crippen LogP contribution < -0.4 is 10.9 Å². The Morgan fingerprint density at radius 2 is 1.34 bits per heavy atom. The van der Waals surface area contributed by atoms with Gasteiger partial charge in [-0.3, -0.25) is 9.59 Å². The molecule has 3 aromatic carbocycles. The maximum atomic E-state index is 13.2. The monoisotopic (exact) mass is 427 g/mol. The molecule has 0 saturated carbocycles. The molecule has 1 heterocycles. The third-order valence-electron chi connectivity index (χ3n) is 5.33. The maximum absolute atomic E-state index is 13.2. The lowest BCUT2D eigenvalue weighted by Gasteiger charge is -2.23. The Morgan fingerprint density at radius 1 is 0.844 bits per heavy atom. The van der Waals surface area contributed by atoms with E-state index in [1.807, 2.05) is 60.7 Å². The number of carbonyl (C=O) groups is 2. The van der Waals surface area contributed by atoms with Crippen LogP contribution in [0, 0.1) is 0 Å². The topological polar surface area (TPSA) is 101 Å². The van der Waals surface area contributed by atoms with Gasteiger partial charge in [-0.15, -0.1) is 0 Å². The molecule has 1 amide bonds. The van der Waals surface area contributed by atoms with Crippen molar-refractivity contribution in [1.29, 1.82) is 0 Å². The van der Waals surface area contributed by atoms with Crippen LogP contribution in [0.25, 0.3) is 10.8 Å². The van der Waals surface area contributed by atoms with Crippen molar-refractivity contribution in [2.45, 2.75) is 19.0 Å². The van der Waals surface area contributed by atoms with Gasteiger partial charge in [0.2, 0.25) is 5.91 Å². The minimum absolute atomic E-state index is 0.196. The lowest BCUT2D eigenvalue weighted by Crippen LogP contribution is -2.39. The van der Waals surface area contributed by atoms with Crippen LogP contribution >= 0.6 is 0 Å². The average Bonchev–Trinajstić information content (AvgIpc) is 2.83. The standard InChI is InChI=1S/C25H21N3O4/c1-16(28-24(30)20-15-9-8-14-19(20)22(27-28)25(31)32)23(29)26-21(17-10-4-2-5-11-17)18-12-6-3-7-13-18/h2-16,21H,1H3,(H,26,29)(H,31,32). The highest BCUT2D eigenvalue weighted by atomic mass is 16.4. The predicted molar refractivity (Wildman–Crippen MR) is 121 cm³/mol. The number of carboxylic acid groups (broad SMARTS) is 1. The lowest BCUT2D eigenvalue weighted by atomic mass is 9.98. The molecule has 2 N–H and O–H groups in total. The molecular weight excluding hydrogens is 406 g/mol. The van der Waals surface area contributed by atoms with Crippen molar-refractivity contribution >= 4 is 22.6 Å². The number of aromatic nitrogens is 2. The molecule has 0 saturated heterocycles. The lowest BCUT2D eigenvalue weighted by molar-refractivity contribution is -0.124. The van der Waals surface area contributed by atoms with E-state index < -0.39 is 29.5 Å². The van der Waals surface area contributed by atoms with Crippen molar-refractivity contribution in [2.75, 3.05) is 0 Å². The Hall–Kier alpha value is -4.26. The van der Waals surface area contributed by atoms with Crippen molar-refractivity contribution in [2.24, 2.45) is 0 Å². The summed E-state index contributed by atoms with van der Waals surface area (Å²) in [4.78, 5) is 38.0. The molecule has 1 aromatic heterocycles. The molecule has 7 heteroatoms. The molecule has 0 aliphatic carbocycles. The van der Waals surface area contributed by atoms with Crippen molar-refractivity contribution in [1.82, 2.24) is 15.1 Å². The van der Waals surface area contributed by atoms with E-state index in [9.17, 15) is 19.5 Å². The molecular formula is C25H21N3O4. The van der Waals surface area contributed by atoms with E-state index in [4.69, 9.17) is 0 Å². The summed E-state index contributed by atoms with van der Waals surface area (Å²) in [6.45, 7) is 1.52. The fourth-order valence-corrected chi connectivity index (χ4v) is 3.65. The zero-order valence-corrected chi connectivity index (χ0v) is 17.3. The van der Waals surface area contributed by atoms with Gasteiger partial charge in [-0.1, -0.05) is 78.9 Å². The minimum Gasteiger partial charge on any atom is -0.476 e. The Kier molecular flexibility index (Phi) is 5.81. The number of hydrogen-bond acceptors (Lipinski definition) is 4. The van der Waals surface area contributed by atoms with Gasteiger partial charge in [0.15, 0.2) is 5.69 Å². The van der Waals surface area contributed by atoms with Crippen LogP contribution in [0.1, 0.15) is 40.6 Å². The van der Waals surface area contributed by atoms with E-state index in [2.05, 4.69) is 10.4 Å². The molecule has 4 rings (SSSR count). The van der Waals surface area contributed by atoms with Gasteiger partial charge in [0, 0.05) is 5.39 Å². The summed E-state index contributed by atoms with van der Waals surface area (Å²) in [6.07, 6.45) is 0. The normalized spacial score (nSPS) is 11.9. The summed E-state index contributed by atoms with van der Waals surface area (Å²) in [5.74, 6) is -1.72. The summed E-state index contributed by atoms with van der Waals surface area (Å²) in [5.41, 5.74) is 0.959. The Morgan fingerprint density at radius 3 is 1.88 bits per heavy atom. The van der Waals surface area contributed by atoms with E-state index in [-0.39, 0.29) is 16.5 Å². The number of carbonyl (C=O) groups excluding carboxylic acids is 1. The molecule has 0 aliphatic rings. The number of hydrogen-bond donors (Lipinski definition) is 2. The molecule has 1 atom stereocenters. The van der Waals surface area contributed by atoms with Crippen molar-refractivity contribution < 1.29 is 14.7 Å². The van der Waals surface area contributed by atoms with Crippen molar-refractivity contribution in [3.63, 3.8) is 0 Å². The number of amides is 1. The average molecular weight is 427 g/mol. The van der Waals surface area contributed by atoms with Crippen LogP contribution in [0.5, 0.6) is 0 Å². The van der Waals surface area contributed by atoms with Gasteiger partial charge in [0.05, 0.1) is 11.4 Å². The second-order valence-electron chi connectivity index (χ2n) is 7.39. The number of fused-ring (bicyclic) bond motifs is 1. The molecule has 0 spiro atoms. The third-order valence-corrected chi connectivity index (χ3v) is 5.33. The SMILES string of the molecule is CC(C(=O)NC(c1ccccc1)c1ccccc1)n1nc(C(=O)O)c2ccccc2c1=O. The zero-order chi connectivity index (χ0) is 22.7. The smallest absolute Gasteiger partial charge is 0.357 e. The Labute approximate surface area is 183 Å². The second kappa shape index (κ2) is 8.85. The molecule has 32 heavy (non-hydrogen) atoms. The molecule has 0 bridgehead atoms. The van der Waals surface area contributed by atoms with Crippen LogP contribution in [0.15, 0.2) is 89.7 Å². The first-order chi connectivity index (χ1) is 15.5. The fraction of sp³-hybridized carbons (Fsp3) is 0.120. The summed E-state index contributed by atoms with van der Waals surface area (Å²) in [6, 6.07) is 23.8. The van der Waals surface area contributed by atoms with E-state index in [1.165, 1.54) is 19.1 Å². The highest BCUT2D eigenvalue weighted by Crippen LogP contribution is 2.23. The van der Waals surface area contributed by atoms with Gasteiger partial charge in [0.25, 0.3) is 5.56 Å². The van der Waals surface area contributed by atoms with Crippen molar-refractivity contribution in [3.8, 4) is 0 Å². The molecule has 7 nitrogen and oxygen atoms in total. The summed E-state index contributed by atoms with van der Waals surface area (Å²) in [7, 11) is 0. The summed E-state index contributed by atoms with van der Waals surface area (Å²) < 4.78 is 0.939. The van der Waals surface area contributed by atoms with E-state index in [1.54, 1.807) is 12.1 Å². The number of aromatic carboxylic acids is 1. The second-order valence-corrected chi connectivity index (χ2v) is 7.39. The van der Waals surface area contributed by atoms with E-state index in [0.717, 1.165) is 15.8 Å². The first-order valence-electron chi connectivity index (χ1n) is 10.1. The van der Waals surface area contributed by atoms with Crippen LogP contribution in [0.4, 0.5) is 0 Å². The number of carboxylic acids is 1. The number of rotatable bonds is 6. The number of nitrogens with zero attached hydrogens (tertiary/aromatic N) is 2. The minimum atomic E-state index is -1.27. The summed E-state index contributed by atoms with van der Waals surface area (Å²) >= 11 is 0. The van der Waals surface area contributed by atoms with Gasteiger partial charge in [0.1, 0.15) is 6.04 Å². The predicted octanol–water partition coefficient (Wildman–Crippen LogP) is 3.56. The van der Waals surface area contributed by atoms with Crippen LogP contribution in [0.2, 0.25) is 0 Å². The summed E-state index contributed by atoms with van der Waals surface area (Å²) in [5, 5.41) is 17.0. The molecule has 1 unspecified atom stereocenters. The van der Waals surface area contributed by atoms with Gasteiger partial charge >= 0.3 is 5.97 Å². The molecule has 160 valence electrons. The van der Waals surface area contributed by atoms with Crippen LogP contribution in [0.3, 0.4) is 0 Å². The Balaban J connectivity index is 1.73. The quantitative estimate of drug-likeness (QED) is 0.490. The zero-order valence-electron chi connectivity index (χ0n) is 17.3. The van der Waals surface area contributed by atoms with Gasteiger partial charge in [-0.25, -0.2) is 9.48 Å². The van der Waals surface area contributed by atoms with E-state index in [0.29, 0.717) is 0 Å². The highest BCUT2D eigenvalue weighted by molar-refractivity contribution is 6.01. The first-order valence-corrected chi connectivity index (χ1v) is 10.1. The fourth-order valence-electron chi connectivity index (χ4n) is 3.65. The number of benzene rings is 3. The van der Waals surface area contributed by atoms with Crippen molar-refractivity contribution in [3.05, 3.63) is 112 Å². The van der Waals surface area contributed by atoms with Crippen LogP contribution in [-0.2, 0) is 4.79 Å². The first kappa shape index (κ1) is 21.0. The Bertz CT molecular complexity index is 1290. The van der Waals surface area contributed by atoms with Gasteiger partial charge in [-0.05, 0) is 24.1 Å². The van der Waals surface area contributed by atoms with E-state index >= 15 is 0 Å². The largest absolute Gasteiger partial charge is 0.476 e. The van der Waals surface area contributed by atoms with Crippen LogP contribution in [-0.4, -0.2) is 26.8 Å². The number of nitrogens with one attached hydrogen (secondary N) is 1. The van der Waals surface area contributed by atoms with Gasteiger partial charge in [-0.2, -0.15) is 5.10 Å². The molecule has 0 radical (unpaired) electrons.